The van der Waals surface area contributed by atoms with Crippen LogP contribution in [0.15, 0.2) is 72.8 Å². The molecule has 0 amide bonds. The van der Waals surface area contributed by atoms with Gasteiger partial charge in [0.2, 0.25) is 0 Å². The van der Waals surface area contributed by atoms with Crippen molar-refractivity contribution in [1.82, 2.24) is 0 Å². The Kier molecular flexibility index (Phi) is 16.7. The van der Waals surface area contributed by atoms with E-state index in [9.17, 15) is 71.5 Å². The maximum absolute atomic E-state index is 11.4. The summed E-state index contributed by atoms with van der Waals surface area (Å²) in [7, 11) is 0. The van der Waals surface area contributed by atoms with Crippen LogP contribution >= 0.6 is 0 Å². The second-order valence-electron chi connectivity index (χ2n) is 17.7. The van der Waals surface area contributed by atoms with Gasteiger partial charge in [-0.3, -0.25) is 0 Å². The third kappa shape index (κ3) is 11.3. The first kappa shape index (κ1) is 52.2. The largest absolute Gasteiger partial charge is 0.394 e. The predicted octanol–water partition coefficient (Wildman–Crippen LogP) is -4.15. The Morgan fingerprint density at radius 3 is 1.49 bits per heavy atom. The molecule has 376 valence electrons. The zero-order valence-electron chi connectivity index (χ0n) is 37.6. The van der Waals surface area contributed by atoms with Gasteiger partial charge in [-0.15, -0.1) is 0 Å². The molecule has 4 aromatic carbocycles. The Labute approximate surface area is 406 Å². The second kappa shape index (κ2) is 22.7. The number of hydrogen-bond acceptors (Lipinski definition) is 19. The van der Waals surface area contributed by atoms with E-state index in [1.54, 1.807) is 72.8 Å². The molecule has 0 spiro atoms. The lowest BCUT2D eigenvalue weighted by molar-refractivity contribution is -0.313. The zero-order valence-corrected chi connectivity index (χ0v) is 37.6. The summed E-state index contributed by atoms with van der Waals surface area (Å²) in [5, 5.41) is 150. The van der Waals surface area contributed by atoms with Crippen LogP contribution in [0.1, 0.15) is 28.7 Å². The Bertz CT molecular complexity index is 2780. The lowest BCUT2D eigenvalue weighted by Gasteiger charge is -2.44. The molecule has 4 heterocycles. The molecule has 20 atom stereocenters. The molecular weight excluding hydrogens is 929 g/mol. The molecule has 14 N–H and O–H groups in total. The van der Waals surface area contributed by atoms with Gasteiger partial charge in [-0.25, -0.2) is 0 Å². The Morgan fingerprint density at radius 1 is 0.479 bits per heavy atom. The van der Waals surface area contributed by atoms with Gasteiger partial charge in [0, 0.05) is 28.7 Å². The van der Waals surface area contributed by atoms with E-state index in [0.717, 1.165) is 10.8 Å². The first-order valence-electron chi connectivity index (χ1n) is 22.8. The Balaban J connectivity index is 0.953. The summed E-state index contributed by atoms with van der Waals surface area (Å²) in [6.07, 6.45) is -30.0. The van der Waals surface area contributed by atoms with Crippen molar-refractivity contribution in [2.75, 3.05) is 19.8 Å². The third-order valence-corrected chi connectivity index (χ3v) is 12.9. The zero-order chi connectivity index (χ0) is 50.7. The number of benzene rings is 4. The van der Waals surface area contributed by atoms with Crippen LogP contribution in [0.4, 0.5) is 0 Å². The number of aliphatic hydroxyl groups excluding tert-OH is 14. The average Bonchev–Trinajstić information content (AvgIpc) is 3.38. The van der Waals surface area contributed by atoms with Crippen LogP contribution in [0.2, 0.25) is 0 Å². The molecule has 0 bridgehead atoms. The van der Waals surface area contributed by atoms with E-state index in [-0.39, 0.29) is 13.0 Å². The predicted molar refractivity (Wildman–Crippen MR) is 247 cm³/mol. The molecule has 0 saturated carbocycles. The highest BCUT2D eigenvalue weighted by molar-refractivity contribution is 5.92. The van der Waals surface area contributed by atoms with Gasteiger partial charge in [-0.05, 0) is 57.9 Å². The maximum atomic E-state index is 11.4. The quantitative estimate of drug-likeness (QED) is 0.0644. The van der Waals surface area contributed by atoms with Crippen molar-refractivity contribution in [2.45, 2.75) is 129 Å². The molecule has 0 aromatic heterocycles. The Morgan fingerprint density at radius 2 is 0.958 bits per heavy atom. The molecule has 4 aliphatic heterocycles. The highest BCUT2D eigenvalue weighted by Gasteiger charge is 2.51. The topological polar surface area (TPSA) is 329 Å². The van der Waals surface area contributed by atoms with Crippen molar-refractivity contribution >= 4 is 21.5 Å². The fourth-order valence-electron chi connectivity index (χ4n) is 8.81. The summed E-state index contributed by atoms with van der Waals surface area (Å²) in [6, 6.07) is 20.7. The summed E-state index contributed by atoms with van der Waals surface area (Å²) in [4.78, 5) is 0. The number of aliphatic hydroxyl groups is 14. The third-order valence-electron chi connectivity index (χ3n) is 12.9. The first-order chi connectivity index (χ1) is 34.1. The van der Waals surface area contributed by atoms with Crippen molar-refractivity contribution in [3.8, 4) is 47.4 Å². The van der Waals surface area contributed by atoms with E-state index in [0.29, 0.717) is 33.0 Å². The summed E-state index contributed by atoms with van der Waals surface area (Å²) in [5.41, 5.74) is 1.95. The molecule has 4 aliphatic rings. The van der Waals surface area contributed by atoms with E-state index < -0.39 is 135 Å². The van der Waals surface area contributed by atoms with Crippen molar-refractivity contribution in [2.24, 2.45) is 0 Å². The molecule has 0 radical (unpaired) electrons. The van der Waals surface area contributed by atoms with Gasteiger partial charge < -0.3 is 95.2 Å². The van der Waals surface area contributed by atoms with E-state index in [1.165, 1.54) is 0 Å². The molecule has 20 unspecified atom stereocenters. The fourth-order valence-corrected chi connectivity index (χ4v) is 8.81. The maximum Gasteiger partial charge on any atom is 0.184 e. The van der Waals surface area contributed by atoms with Crippen molar-refractivity contribution in [3.63, 3.8) is 0 Å². The number of hydrogen-bond donors (Lipinski definition) is 14. The summed E-state index contributed by atoms with van der Waals surface area (Å²) < 4.78 is 28.3. The number of rotatable bonds is 6. The second-order valence-corrected chi connectivity index (χ2v) is 17.7. The smallest absolute Gasteiger partial charge is 0.184 e. The van der Waals surface area contributed by atoms with Gasteiger partial charge in [0.15, 0.2) is 6.29 Å². The number of ether oxygens (including phenoxy) is 5. The summed E-state index contributed by atoms with van der Waals surface area (Å²) >= 11 is 0. The van der Waals surface area contributed by atoms with E-state index >= 15 is 0 Å². The van der Waals surface area contributed by atoms with Crippen molar-refractivity contribution in [3.05, 3.63) is 95.1 Å². The van der Waals surface area contributed by atoms with Crippen molar-refractivity contribution < 1.29 is 95.2 Å². The van der Waals surface area contributed by atoms with E-state index in [2.05, 4.69) is 47.4 Å². The molecule has 0 aliphatic carbocycles. The van der Waals surface area contributed by atoms with Crippen LogP contribution in [-0.2, 0) is 23.7 Å². The van der Waals surface area contributed by atoms with Crippen LogP contribution in [0.5, 0.6) is 0 Å². The summed E-state index contributed by atoms with van der Waals surface area (Å²) in [5.74, 6) is 22.7. The van der Waals surface area contributed by atoms with Gasteiger partial charge in [-0.2, -0.15) is 0 Å². The monoisotopic (exact) mass is 982 g/mol. The molecule has 19 nitrogen and oxygen atoms in total. The van der Waals surface area contributed by atoms with Crippen LogP contribution in [0.25, 0.3) is 21.5 Å². The van der Waals surface area contributed by atoms with Gasteiger partial charge in [-0.1, -0.05) is 83.8 Å². The minimum Gasteiger partial charge on any atom is -0.394 e. The Hall–Kier alpha value is -5.12. The normalized spacial score (nSPS) is 36.5. The van der Waals surface area contributed by atoms with E-state index in [1.807, 2.05) is 0 Å². The minimum absolute atomic E-state index is 0.0874. The highest BCUT2D eigenvalue weighted by Crippen LogP contribution is 2.30. The van der Waals surface area contributed by atoms with Crippen LogP contribution in [0.3, 0.4) is 0 Å². The molecule has 4 saturated heterocycles. The van der Waals surface area contributed by atoms with Crippen LogP contribution in [-0.4, -0.2) is 214 Å². The molecule has 71 heavy (non-hydrogen) atoms. The van der Waals surface area contributed by atoms with Gasteiger partial charge >= 0.3 is 0 Å². The fraction of sp³-hybridized carbons (Fsp3) is 0.462. The molecule has 8 rings (SSSR count). The van der Waals surface area contributed by atoms with Crippen molar-refractivity contribution in [1.29, 1.82) is 0 Å². The molecular formula is C52H54O19. The van der Waals surface area contributed by atoms with Gasteiger partial charge in [0.25, 0.3) is 0 Å². The lowest BCUT2D eigenvalue weighted by atomic mass is 9.93. The highest BCUT2D eigenvalue weighted by atomic mass is 16.7. The molecule has 19 heteroatoms. The minimum atomic E-state index is -2.17. The molecule has 4 aromatic rings. The van der Waals surface area contributed by atoms with Crippen LogP contribution < -0.4 is 0 Å². The summed E-state index contributed by atoms with van der Waals surface area (Å²) in [6.45, 7) is -1.68. The average molecular weight is 983 g/mol. The lowest BCUT2D eigenvalue weighted by Crippen LogP contribution is -2.64. The first-order valence-corrected chi connectivity index (χ1v) is 22.8. The molecule has 4 fully saturated rings. The van der Waals surface area contributed by atoms with Gasteiger partial charge in [0.1, 0.15) is 104 Å². The van der Waals surface area contributed by atoms with Gasteiger partial charge in [0.05, 0.1) is 32.0 Å². The SMILES string of the molecule is OCC1CC(O)C(O)C(C#Cc2ccc3cc(C#CC4OC(CO)C(O)C(OC(O)C5OC(C#Cc6cccc7c(C#CC8OC(CO)C(O)C(O)C8O)cccc67)C(O)C(O)C5O)C4O)ccc3c2)O1. The van der Waals surface area contributed by atoms with E-state index in [4.69, 9.17) is 23.7 Å². The standard InChI is InChI=1S/C52H54O19/c53-22-31-21-34(56)41(57)35(67-31)15-9-25-7-11-30-20-26(8-12-29(30)19-25)10-16-38-45(61)50(46(62)40(24-55)69-38)71-52(66)51-49(65)48(64)43(59)37(70-51)18-14-28-4-2-5-32-27(3-1-6-33(28)32)13-17-36-42(58)47(63)44(60)39(23-54)68-36/h1-8,11-12,19-20,31,34-66H,21-24H2. The van der Waals surface area contributed by atoms with Crippen LogP contribution in [0, 0.1) is 47.4 Å². The number of fused-ring (bicyclic) bond motifs is 2.